The molecule has 2 heterocycles. The van der Waals surface area contributed by atoms with Crippen molar-refractivity contribution in [3.05, 3.63) is 22.0 Å². The van der Waals surface area contributed by atoms with Crippen molar-refractivity contribution in [2.45, 2.75) is 24.8 Å². The second kappa shape index (κ2) is 4.53. The van der Waals surface area contributed by atoms with E-state index in [1.807, 2.05) is 0 Å². The monoisotopic (exact) mass is 303 g/mol. The van der Waals surface area contributed by atoms with Crippen molar-refractivity contribution in [1.29, 1.82) is 0 Å². The number of esters is 1. The van der Waals surface area contributed by atoms with Gasteiger partial charge in [0.2, 0.25) is 0 Å². The highest BCUT2D eigenvalue weighted by molar-refractivity contribution is 7.89. The summed E-state index contributed by atoms with van der Waals surface area (Å²) in [6.45, 7) is 3.23. The molecule has 1 aliphatic heterocycles. The molecular weight excluding hydrogens is 290 g/mol. The first-order chi connectivity index (χ1) is 8.82. The summed E-state index contributed by atoms with van der Waals surface area (Å²) in [6.07, 6.45) is 0. The van der Waals surface area contributed by atoms with Crippen molar-refractivity contribution in [1.82, 2.24) is 4.31 Å². The van der Waals surface area contributed by atoms with Crippen LogP contribution in [0.2, 0.25) is 0 Å². The van der Waals surface area contributed by atoms with E-state index in [0.717, 1.165) is 22.8 Å². The van der Waals surface area contributed by atoms with E-state index in [2.05, 4.69) is 4.74 Å². The normalized spacial score (nSPS) is 17.6. The number of fused-ring (bicyclic) bond motifs is 1. The Morgan fingerprint density at radius 1 is 1.47 bits per heavy atom. The SMILES string of the molecule is COC(=O)C1=C(O)c2sccc2S(=O)(=O)N1C(C)C. The minimum absolute atomic E-state index is 0.0105. The quantitative estimate of drug-likeness (QED) is 0.838. The van der Waals surface area contributed by atoms with Crippen molar-refractivity contribution in [3.63, 3.8) is 0 Å². The largest absolute Gasteiger partial charge is 0.504 e. The number of carbonyl (C=O) groups excluding carboxylic acids is 1. The Morgan fingerprint density at radius 2 is 2.11 bits per heavy atom. The summed E-state index contributed by atoms with van der Waals surface area (Å²) in [7, 11) is -2.71. The Hall–Kier alpha value is -1.54. The number of aliphatic hydroxyl groups is 1. The third kappa shape index (κ3) is 1.91. The van der Waals surface area contributed by atoms with E-state index in [-0.39, 0.29) is 21.2 Å². The van der Waals surface area contributed by atoms with Crippen molar-refractivity contribution in [2.24, 2.45) is 0 Å². The maximum absolute atomic E-state index is 12.5. The predicted molar refractivity (Wildman–Crippen MR) is 70.0 cm³/mol. The summed E-state index contributed by atoms with van der Waals surface area (Å²) in [4.78, 5) is 11.9. The number of sulfonamides is 1. The molecule has 1 N–H and O–H groups in total. The average Bonchev–Trinajstić information content (AvgIpc) is 2.82. The highest BCUT2D eigenvalue weighted by Gasteiger charge is 2.42. The zero-order valence-corrected chi connectivity index (χ0v) is 12.2. The van der Waals surface area contributed by atoms with Gasteiger partial charge >= 0.3 is 5.97 Å². The molecule has 0 atom stereocenters. The highest BCUT2D eigenvalue weighted by atomic mass is 32.2. The molecule has 1 aromatic heterocycles. The smallest absolute Gasteiger partial charge is 0.359 e. The summed E-state index contributed by atoms with van der Waals surface area (Å²) in [5, 5.41) is 11.7. The number of ether oxygens (including phenoxy) is 1. The molecule has 19 heavy (non-hydrogen) atoms. The zero-order chi connectivity index (χ0) is 14.4. The van der Waals surface area contributed by atoms with Crippen molar-refractivity contribution in [3.8, 4) is 0 Å². The molecule has 2 rings (SSSR count). The van der Waals surface area contributed by atoms with Crippen LogP contribution >= 0.6 is 11.3 Å². The van der Waals surface area contributed by atoms with Crippen LogP contribution in [-0.4, -0.2) is 37.0 Å². The fourth-order valence-electron chi connectivity index (χ4n) is 1.93. The van der Waals surface area contributed by atoms with Crippen LogP contribution in [0, 0.1) is 0 Å². The van der Waals surface area contributed by atoms with Crippen LogP contribution in [-0.2, 0) is 19.6 Å². The molecule has 0 fully saturated rings. The van der Waals surface area contributed by atoms with Crippen molar-refractivity contribution in [2.75, 3.05) is 7.11 Å². The average molecular weight is 303 g/mol. The fourth-order valence-corrected chi connectivity index (χ4v) is 4.95. The van der Waals surface area contributed by atoms with Crippen LogP contribution < -0.4 is 0 Å². The molecule has 0 bridgehead atoms. The summed E-state index contributed by atoms with van der Waals surface area (Å²) >= 11 is 1.06. The fraction of sp³-hybridized carbons (Fsp3) is 0.364. The number of hydrogen-bond acceptors (Lipinski definition) is 6. The van der Waals surface area contributed by atoms with Crippen LogP contribution in [0.1, 0.15) is 18.7 Å². The molecule has 0 saturated carbocycles. The number of hydrogen-bond donors (Lipinski definition) is 1. The lowest BCUT2D eigenvalue weighted by molar-refractivity contribution is -0.137. The van der Waals surface area contributed by atoms with E-state index in [9.17, 15) is 18.3 Å². The van der Waals surface area contributed by atoms with Gasteiger partial charge in [0.05, 0.1) is 12.0 Å². The van der Waals surface area contributed by atoms with E-state index in [4.69, 9.17) is 0 Å². The Morgan fingerprint density at radius 3 is 2.63 bits per heavy atom. The standard InChI is InChI=1S/C11H13NO5S2/c1-6(2)12-8(11(14)17-3)9(13)10-7(4-5-18-10)19(12,15)16/h4-6,13H,1-3H3. The van der Waals surface area contributed by atoms with Gasteiger partial charge in [-0.05, 0) is 25.3 Å². The van der Waals surface area contributed by atoms with E-state index in [1.165, 1.54) is 6.07 Å². The molecule has 6 nitrogen and oxygen atoms in total. The lowest BCUT2D eigenvalue weighted by atomic mass is 10.2. The van der Waals surface area contributed by atoms with E-state index < -0.39 is 22.0 Å². The Bertz CT molecular complexity index is 656. The third-order valence-corrected chi connectivity index (χ3v) is 5.74. The Kier molecular flexibility index (Phi) is 3.31. The molecule has 104 valence electrons. The van der Waals surface area contributed by atoms with Crippen LogP contribution in [0.3, 0.4) is 0 Å². The molecule has 0 aromatic carbocycles. The van der Waals surface area contributed by atoms with E-state index >= 15 is 0 Å². The summed E-state index contributed by atoms with van der Waals surface area (Å²) in [5.74, 6) is -1.24. The molecule has 0 spiro atoms. The molecule has 0 radical (unpaired) electrons. The molecule has 0 amide bonds. The third-order valence-electron chi connectivity index (χ3n) is 2.67. The lowest BCUT2D eigenvalue weighted by Gasteiger charge is -2.32. The van der Waals surface area contributed by atoms with Gasteiger partial charge in [-0.3, -0.25) is 4.31 Å². The van der Waals surface area contributed by atoms with Crippen LogP contribution in [0.25, 0.3) is 5.76 Å². The number of methoxy groups -OCH3 is 1. The van der Waals surface area contributed by atoms with Crippen molar-refractivity contribution >= 4 is 33.1 Å². The first-order valence-corrected chi connectivity index (χ1v) is 7.78. The lowest BCUT2D eigenvalue weighted by Crippen LogP contribution is -2.42. The van der Waals surface area contributed by atoms with Gasteiger partial charge in [0.25, 0.3) is 10.0 Å². The molecule has 0 unspecified atom stereocenters. The number of carbonyl (C=O) groups is 1. The maximum Gasteiger partial charge on any atom is 0.359 e. The number of thiophene rings is 1. The van der Waals surface area contributed by atoms with Crippen molar-refractivity contribution < 1.29 is 23.1 Å². The minimum atomic E-state index is -3.85. The summed E-state index contributed by atoms with van der Waals surface area (Å²) in [5.41, 5.74) is -0.340. The predicted octanol–water partition coefficient (Wildman–Crippen LogP) is 1.56. The second-order valence-corrected chi connectivity index (χ2v) is 6.90. The molecular formula is C11H13NO5S2. The molecule has 8 heteroatoms. The first-order valence-electron chi connectivity index (χ1n) is 5.46. The van der Waals surface area contributed by atoms with Gasteiger partial charge in [0, 0.05) is 6.04 Å². The van der Waals surface area contributed by atoms with Crippen LogP contribution in [0.15, 0.2) is 22.0 Å². The first kappa shape index (κ1) is 13.9. The van der Waals surface area contributed by atoms with E-state index in [1.54, 1.807) is 19.2 Å². The van der Waals surface area contributed by atoms with Gasteiger partial charge < -0.3 is 9.84 Å². The van der Waals surface area contributed by atoms with Gasteiger partial charge in [-0.1, -0.05) is 0 Å². The second-order valence-electron chi connectivity index (χ2n) is 4.20. The Labute approximate surface area is 115 Å². The maximum atomic E-state index is 12.5. The van der Waals surface area contributed by atoms with Gasteiger partial charge in [-0.25, -0.2) is 13.2 Å². The molecule has 0 aliphatic carbocycles. The number of nitrogens with zero attached hydrogens (tertiary/aromatic N) is 1. The number of aliphatic hydroxyl groups excluding tert-OH is 1. The topological polar surface area (TPSA) is 83.9 Å². The molecule has 0 saturated heterocycles. The molecule has 1 aromatic rings. The summed E-state index contributed by atoms with van der Waals surface area (Å²) < 4.78 is 30.4. The van der Waals surface area contributed by atoms with Gasteiger partial charge in [0.1, 0.15) is 4.90 Å². The highest BCUT2D eigenvalue weighted by Crippen LogP contribution is 2.39. The van der Waals surface area contributed by atoms with Gasteiger partial charge in [-0.15, -0.1) is 11.3 Å². The van der Waals surface area contributed by atoms with Crippen LogP contribution in [0.5, 0.6) is 0 Å². The minimum Gasteiger partial charge on any atom is -0.504 e. The number of rotatable bonds is 2. The van der Waals surface area contributed by atoms with E-state index in [0.29, 0.717) is 0 Å². The van der Waals surface area contributed by atoms with Gasteiger partial charge in [0.15, 0.2) is 11.5 Å². The zero-order valence-electron chi connectivity index (χ0n) is 10.6. The van der Waals surface area contributed by atoms with Gasteiger partial charge in [-0.2, -0.15) is 0 Å². The summed E-state index contributed by atoms with van der Waals surface area (Å²) in [6, 6.07) is 0.893. The molecule has 1 aliphatic rings. The van der Waals surface area contributed by atoms with Crippen LogP contribution in [0.4, 0.5) is 0 Å². The Balaban J connectivity index is 2.80.